The summed E-state index contributed by atoms with van der Waals surface area (Å²) in [6.45, 7) is 2.84. The van der Waals surface area contributed by atoms with Crippen LogP contribution in [0.1, 0.15) is 22.8 Å². The molecule has 2 aromatic rings. The zero-order chi connectivity index (χ0) is 14.5. The smallest absolute Gasteiger partial charge is 0.257 e. The fourth-order valence-corrected chi connectivity index (χ4v) is 2.12. The Bertz CT molecular complexity index is 601. The van der Waals surface area contributed by atoms with Crippen LogP contribution in [0.15, 0.2) is 48.5 Å². The van der Waals surface area contributed by atoms with Crippen LogP contribution in [-0.4, -0.2) is 17.4 Å². The second kappa shape index (κ2) is 6.53. The molecule has 2 rings (SSSR count). The second-order valence-corrected chi connectivity index (χ2v) is 4.87. The number of hydrogen-bond donors (Lipinski definition) is 0. The Morgan fingerprint density at radius 3 is 2.50 bits per heavy atom. The Kier molecular flexibility index (Phi) is 4.74. The molecule has 1 amide bonds. The van der Waals surface area contributed by atoms with Crippen molar-refractivity contribution >= 4 is 17.5 Å². The molecule has 0 aliphatic rings. The van der Waals surface area contributed by atoms with Crippen molar-refractivity contribution in [1.82, 2.24) is 4.90 Å². The summed E-state index contributed by atoms with van der Waals surface area (Å²) in [7, 11) is 0. The second-order valence-electron chi connectivity index (χ2n) is 4.43. The number of halogens is 2. The third-order valence-electron chi connectivity index (χ3n) is 3.05. The van der Waals surface area contributed by atoms with Gasteiger partial charge >= 0.3 is 0 Å². The Balaban J connectivity index is 2.21. The Morgan fingerprint density at radius 1 is 1.20 bits per heavy atom. The summed E-state index contributed by atoms with van der Waals surface area (Å²) in [6.07, 6.45) is 0. The predicted molar refractivity (Wildman–Crippen MR) is 78.3 cm³/mol. The van der Waals surface area contributed by atoms with E-state index in [4.69, 9.17) is 11.6 Å². The molecule has 0 radical (unpaired) electrons. The molecular formula is C16H15ClFNO. The lowest BCUT2D eigenvalue weighted by Crippen LogP contribution is -2.30. The summed E-state index contributed by atoms with van der Waals surface area (Å²) in [5, 5.41) is 0.283. The first kappa shape index (κ1) is 14.5. The maximum absolute atomic E-state index is 13.8. The zero-order valence-corrected chi connectivity index (χ0v) is 11.9. The lowest BCUT2D eigenvalue weighted by Gasteiger charge is -2.21. The number of nitrogens with zero attached hydrogens (tertiary/aromatic N) is 1. The molecule has 0 saturated carbocycles. The van der Waals surface area contributed by atoms with E-state index >= 15 is 0 Å². The van der Waals surface area contributed by atoms with Gasteiger partial charge in [0, 0.05) is 18.1 Å². The summed E-state index contributed by atoms with van der Waals surface area (Å²) in [5.41, 5.74) is 1.06. The van der Waals surface area contributed by atoms with E-state index in [-0.39, 0.29) is 16.5 Å². The van der Waals surface area contributed by atoms with E-state index in [1.54, 1.807) is 4.90 Å². The summed E-state index contributed by atoms with van der Waals surface area (Å²) < 4.78 is 13.8. The average Bonchev–Trinajstić information content (AvgIpc) is 2.45. The minimum absolute atomic E-state index is 0.0483. The van der Waals surface area contributed by atoms with Crippen molar-refractivity contribution < 1.29 is 9.18 Å². The first-order chi connectivity index (χ1) is 9.61. The molecule has 0 atom stereocenters. The van der Waals surface area contributed by atoms with Gasteiger partial charge in [0.2, 0.25) is 0 Å². The molecule has 0 aliphatic carbocycles. The zero-order valence-electron chi connectivity index (χ0n) is 11.1. The van der Waals surface area contributed by atoms with Crippen LogP contribution < -0.4 is 0 Å². The number of amides is 1. The molecule has 0 fully saturated rings. The lowest BCUT2D eigenvalue weighted by atomic mass is 10.1. The maximum atomic E-state index is 13.8. The highest BCUT2D eigenvalue weighted by molar-refractivity contribution is 6.30. The van der Waals surface area contributed by atoms with Crippen LogP contribution in [0.3, 0.4) is 0 Å². The van der Waals surface area contributed by atoms with Gasteiger partial charge in [-0.15, -0.1) is 0 Å². The highest BCUT2D eigenvalue weighted by atomic mass is 35.5. The van der Waals surface area contributed by atoms with E-state index in [1.165, 1.54) is 12.1 Å². The molecule has 20 heavy (non-hydrogen) atoms. The van der Waals surface area contributed by atoms with Gasteiger partial charge in [-0.1, -0.05) is 41.9 Å². The van der Waals surface area contributed by atoms with Gasteiger partial charge in [-0.2, -0.15) is 0 Å². The molecule has 0 spiro atoms. The van der Waals surface area contributed by atoms with Gasteiger partial charge in [-0.05, 0) is 30.7 Å². The average molecular weight is 292 g/mol. The first-order valence-electron chi connectivity index (χ1n) is 6.40. The topological polar surface area (TPSA) is 20.3 Å². The molecule has 0 saturated heterocycles. The largest absolute Gasteiger partial charge is 0.335 e. The molecular weight excluding hydrogens is 277 g/mol. The summed E-state index contributed by atoms with van der Waals surface area (Å²) in [4.78, 5) is 14.0. The first-order valence-corrected chi connectivity index (χ1v) is 6.78. The van der Waals surface area contributed by atoms with E-state index in [2.05, 4.69) is 0 Å². The molecule has 0 heterocycles. The van der Waals surface area contributed by atoms with Gasteiger partial charge in [-0.25, -0.2) is 4.39 Å². The van der Waals surface area contributed by atoms with Gasteiger partial charge in [-0.3, -0.25) is 4.79 Å². The fourth-order valence-electron chi connectivity index (χ4n) is 1.96. The van der Waals surface area contributed by atoms with Crippen molar-refractivity contribution in [3.8, 4) is 0 Å². The summed E-state index contributed by atoms with van der Waals surface area (Å²) >= 11 is 5.70. The van der Waals surface area contributed by atoms with Crippen molar-refractivity contribution in [2.45, 2.75) is 13.5 Å². The summed E-state index contributed by atoms with van der Waals surface area (Å²) in [5.74, 6) is -0.917. The lowest BCUT2D eigenvalue weighted by molar-refractivity contribution is 0.0748. The van der Waals surface area contributed by atoms with Gasteiger partial charge < -0.3 is 4.90 Å². The van der Waals surface area contributed by atoms with Crippen LogP contribution in [0.4, 0.5) is 4.39 Å². The fraction of sp³-hybridized carbons (Fsp3) is 0.188. The van der Waals surface area contributed by atoms with Crippen LogP contribution in [0.25, 0.3) is 0 Å². The Morgan fingerprint density at radius 2 is 1.90 bits per heavy atom. The van der Waals surface area contributed by atoms with Crippen molar-refractivity contribution in [3.05, 3.63) is 70.5 Å². The molecule has 4 heteroatoms. The van der Waals surface area contributed by atoms with Crippen LogP contribution in [0.2, 0.25) is 5.02 Å². The summed E-state index contributed by atoms with van der Waals surface area (Å²) in [6, 6.07) is 13.7. The molecule has 0 N–H and O–H groups in total. The van der Waals surface area contributed by atoms with Crippen LogP contribution in [0.5, 0.6) is 0 Å². The van der Waals surface area contributed by atoms with Gasteiger partial charge in [0.15, 0.2) is 0 Å². The Labute approximate surface area is 122 Å². The van der Waals surface area contributed by atoms with Crippen LogP contribution in [0, 0.1) is 5.82 Å². The minimum Gasteiger partial charge on any atom is -0.335 e. The standard InChI is InChI=1S/C16H15ClFNO/c1-2-19(11-12-6-4-3-5-7-12)16(20)14-9-8-13(17)10-15(14)18/h3-10H,2,11H2,1H3. The molecule has 0 aromatic heterocycles. The monoisotopic (exact) mass is 291 g/mol. The quantitative estimate of drug-likeness (QED) is 0.829. The molecule has 0 aliphatic heterocycles. The Hall–Kier alpha value is -1.87. The van der Waals surface area contributed by atoms with E-state index in [1.807, 2.05) is 37.3 Å². The van der Waals surface area contributed by atoms with Crippen LogP contribution >= 0.6 is 11.6 Å². The molecule has 0 bridgehead atoms. The van der Waals surface area contributed by atoms with Gasteiger partial charge in [0.1, 0.15) is 5.82 Å². The van der Waals surface area contributed by atoms with Crippen molar-refractivity contribution in [2.75, 3.05) is 6.54 Å². The maximum Gasteiger partial charge on any atom is 0.257 e. The number of rotatable bonds is 4. The van der Waals surface area contributed by atoms with E-state index in [9.17, 15) is 9.18 Å². The van der Waals surface area contributed by atoms with Crippen molar-refractivity contribution in [3.63, 3.8) is 0 Å². The van der Waals surface area contributed by atoms with E-state index < -0.39 is 5.82 Å². The third-order valence-corrected chi connectivity index (χ3v) is 3.28. The third kappa shape index (κ3) is 3.36. The SMILES string of the molecule is CCN(Cc1ccccc1)C(=O)c1ccc(Cl)cc1F. The molecule has 2 nitrogen and oxygen atoms in total. The highest BCUT2D eigenvalue weighted by Gasteiger charge is 2.18. The van der Waals surface area contributed by atoms with Crippen molar-refractivity contribution in [1.29, 1.82) is 0 Å². The normalized spacial score (nSPS) is 10.3. The predicted octanol–water partition coefficient (Wildman–Crippen LogP) is 4.14. The number of carbonyl (C=O) groups excluding carboxylic acids is 1. The van der Waals surface area contributed by atoms with E-state index in [0.717, 1.165) is 11.6 Å². The number of hydrogen-bond acceptors (Lipinski definition) is 1. The highest BCUT2D eigenvalue weighted by Crippen LogP contribution is 2.17. The van der Waals surface area contributed by atoms with Crippen LogP contribution in [-0.2, 0) is 6.54 Å². The number of benzene rings is 2. The number of carbonyl (C=O) groups is 1. The molecule has 2 aromatic carbocycles. The molecule has 104 valence electrons. The minimum atomic E-state index is -0.589. The van der Waals surface area contributed by atoms with Gasteiger partial charge in [0.25, 0.3) is 5.91 Å². The van der Waals surface area contributed by atoms with Gasteiger partial charge in [0.05, 0.1) is 5.56 Å². The van der Waals surface area contributed by atoms with Crippen molar-refractivity contribution in [2.24, 2.45) is 0 Å². The molecule has 0 unspecified atom stereocenters. The van der Waals surface area contributed by atoms with E-state index in [0.29, 0.717) is 13.1 Å².